The van der Waals surface area contributed by atoms with Crippen LogP contribution in [0.5, 0.6) is 5.88 Å². The highest BCUT2D eigenvalue weighted by Crippen LogP contribution is 2.24. The summed E-state index contributed by atoms with van der Waals surface area (Å²) in [4.78, 5) is 24.2. The molecule has 5 heteroatoms. The molecule has 1 N–H and O–H groups in total. The molecule has 0 saturated heterocycles. The third kappa shape index (κ3) is 2.81. The van der Waals surface area contributed by atoms with Gasteiger partial charge in [-0.3, -0.25) is 4.79 Å². The van der Waals surface area contributed by atoms with Gasteiger partial charge >= 0.3 is 5.97 Å². The van der Waals surface area contributed by atoms with Crippen LogP contribution in [0.1, 0.15) is 29.3 Å². The van der Waals surface area contributed by atoms with Crippen molar-refractivity contribution in [3.63, 3.8) is 0 Å². The lowest BCUT2D eigenvalue weighted by molar-refractivity contribution is 0.0594. The number of nitrogens with zero attached hydrogens (tertiary/aromatic N) is 1. The fourth-order valence-corrected chi connectivity index (χ4v) is 2.26. The molecule has 0 atom stereocenters. The van der Waals surface area contributed by atoms with Crippen molar-refractivity contribution in [2.75, 3.05) is 7.11 Å². The van der Waals surface area contributed by atoms with E-state index in [9.17, 15) is 14.7 Å². The maximum atomic E-state index is 12.3. The molecule has 0 aliphatic carbocycles. The van der Waals surface area contributed by atoms with Crippen molar-refractivity contribution in [3.05, 3.63) is 57.9 Å². The van der Waals surface area contributed by atoms with Crippen molar-refractivity contribution in [1.82, 2.24) is 4.57 Å². The zero-order valence-electron chi connectivity index (χ0n) is 12.0. The van der Waals surface area contributed by atoms with Gasteiger partial charge in [-0.2, -0.15) is 0 Å². The second-order valence-electron chi connectivity index (χ2n) is 4.62. The maximum absolute atomic E-state index is 12.3. The lowest BCUT2D eigenvalue weighted by Crippen LogP contribution is -2.22. The van der Waals surface area contributed by atoms with Gasteiger partial charge in [-0.15, -0.1) is 0 Å². The predicted molar refractivity (Wildman–Crippen MR) is 79.0 cm³/mol. The fraction of sp³-hybridized carbons (Fsp3) is 0.250. The van der Waals surface area contributed by atoms with Crippen LogP contribution in [0.2, 0.25) is 0 Å². The molecule has 0 saturated carbocycles. The third-order valence-electron chi connectivity index (χ3n) is 3.20. The zero-order chi connectivity index (χ0) is 15.4. The average molecular weight is 287 g/mol. The van der Waals surface area contributed by atoms with Gasteiger partial charge in [0, 0.05) is 6.07 Å². The molecule has 1 aromatic carbocycles. The highest BCUT2D eigenvalue weighted by molar-refractivity contribution is 5.93. The van der Waals surface area contributed by atoms with Crippen LogP contribution in [-0.2, 0) is 11.2 Å². The minimum atomic E-state index is -0.652. The van der Waals surface area contributed by atoms with Crippen LogP contribution in [0.25, 0.3) is 5.69 Å². The van der Waals surface area contributed by atoms with E-state index in [2.05, 4.69) is 0 Å². The van der Waals surface area contributed by atoms with Gasteiger partial charge in [0.25, 0.3) is 5.56 Å². The Hall–Kier alpha value is -2.56. The molecule has 2 rings (SSSR count). The number of aromatic hydroxyl groups is 1. The van der Waals surface area contributed by atoms with Crippen LogP contribution in [0.15, 0.2) is 41.2 Å². The molecule has 5 nitrogen and oxygen atoms in total. The summed E-state index contributed by atoms with van der Waals surface area (Å²) in [5.41, 5.74) is 0.657. The molecule has 110 valence electrons. The van der Waals surface area contributed by atoms with Crippen molar-refractivity contribution in [2.45, 2.75) is 19.8 Å². The molecule has 0 aliphatic rings. The van der Waals surface area contributed by atoms with Gasteiger partial charge in [-0.25, -0.2) is 9.36 Å². The van der Waals surface area contributed by atoms with Crippen LogP contribution in [-0.4, -0.2) is 22.8 Å². The van der Waals surface area contributed by atoms with Crippen molar-refractivity contribution in [1.29, 1.82) is 0 Å². The molecule has 0 unspecified atom stereocenters. The van der Waals surface area contributed by atoms with Crippen LogP contribution in [0, 0.1) is 0 Å². The number of carbonyl (C=O) groups is 1. The van der Waals surface area contributed by atoms with Crippen molar-refractivity contribution in [2.24, 2.45) is 0 Å². The number of pyridine rings is 1. The average Bonchev–Trinajstić information content (AvgIpc) is 2.48. The summed E-state index contributed by atoms with van der Waals surface area (Å²) in [6.45, 7) is 1.93. The van der Waals surface area contributed by atoms with E-state index in [-0.39, 0.29) is 17.0 Å². The normalized spacial score (nSPS) is 10.4. The molecule has 0 amide bonds. The largest absolute Gasteiger partial charge is 0.494 e. The number of rotatable bonds is 4. The van der Waals surface area contributed by atoms with E-state index in [4.69, 9.17) is 4.74 Å². The Balaban J connectivity index is 2.74. The molecule has 1 aromatic heterocycles. The van der Waals surface area contributed by atoms with Gasteiger partial charge in [-0.1, -0.05) is 31.5 Å². The summed E-state index contributed by atoms with van der Waals surface area (Å²) in [5.74, 6) is -1.04. The van der Waals surface area contributed by atoms with E-state index in [1.54, 1.807) is 30.3 Å². The summed E-state index contributed by atoms with van der Waals surface area (Å²) in [7, 11) is 1.25. The van der Waals surface area contributed by atoms with Gasteiger partial charge in [0.2, 0.25) is 5.88 Å². The number of hydrogen-bond donors (Lipinski definition) is 1. The molecule has 21 heavy (non-hydrogen) atoms. The molecule has 0 radical (unpaired) electrons. The zero-order valence-corrected chi connectivity index (χ0v) is 12.0. The van der Waals surface area contributed by atoms with E-state index >= 15 is 0 Å². The van der Waals surface area contributed by atoms with Gasteiger partial charge in [0.05, 0.1) is 12.8 Å². The molecule has 1 heterocycles. The highest BCUT2D eigenvalue weighted by atomic mass is 16.5. The van der Waals surface area contributed by atoms with E-state index < -0.39 is 5.97 Å². The Morgan fingerprint density at radius 1 is 1.29 bits per heavy atom. The summed E-state index contributed by atoms with van der Waals surface area (Å²) >= 11 is 0. The molecular weight excluding hydrogens is 270 g/mol. The number of para-hydroxylation sites is 1. The first-order valence-corrected chi connectivity index (χ1v) is 6.71. The molecule has 0 spiro atoms. The van der Waals surface area contributed by atoms with Crippen molar-refractivity contribution >= 4 is 5.97 Å². The summed E-state index contributed by atoms with van der Waals surface area (Å²) < 4.78 is 5.82. The van der Waals surface area contributed by atoms with Crippen LogP contribution >= 0.6 is 0 Å². The molecule has 0 fully saturated rings. The summed E-state index contributed by atoms with van der Waals surface area (Å²) in [6.07, 6.45) is 1.26. The summed E-state index contributed by atoms with van der Waals surface area (Å²) in [6, 6.07) is 10.0. The molecule has 2 aromatic rings. The lowest BCUT2D eigenvalue weighted by Gasteiger charge is -2.14. The van der Waals surface area contributed by atoms with Crippen molar-refractivity contribution in [3.8, 4) is 11.6 Å². The SMILES string of the molecule is CCCc1cc(=O)n(-c2ccccc2)c(O)c1C(=O)OC. The number of aryl methyl sites for hydroxylation is 1. The number of aromatic nitrogens is 1. The topological polar surface area (TPSA) is 68.5 Å². The number of methoxy groups -OCH3 is 1. The van der Waals surface area contributed by atoms with E-state index in [0.717, 1.165) is 11.0 Å². The van der Waals surface area contributed by atoms with Gasteiger partial charge in [0.15, 0.2) is 0 Å². The quantitative estimate of drug-likeness (QED) is 0.876. The minimum absolute atomic E-state index is 0.0443. The Kier molecular flexibility index (Phi) is 4.42. The molecule has 0 bridgehead atoms. The Labute approximate surface area is 122 Å². The smallest absolute Gasteiger partial charge is 0.343 e. The number of hydrogen-bond acceptors (Lipinski definition) is 4. The van der Waals surface area contributed by atoms with Crippen LogP contribution in [0.4, 0.5) is 0 Å². The standard InChI is InChI=1S/C16H17NO4/c1-3-7-11-10-13(18)17(12-8-5-4-6-9-12)15(19)14(11)16(20)21-2/h4-6,8-10,19H,3,7H2,1-2H3. The van der Waals surface area contributed by atoms with Gasteiger partial charge < -0.3 is 9.84 Å². The third-order valence-corrected chi connectivity index (χ3v) is 3.20. The van der Waals surface area contributed by atoms with E-state index in [0.29, 0.717) is 17.7 Å². The van der Waals surface area contributed by atoms with E-state index in [1.807, 2.05) is 6.92 Å². The van der Waals surface area contributed by atoms with Crippen LogP contribution in [0.3, 0.4) is 0 Å². The van der Waals surface area contributed by atoms with Gasteiger partial charge in [0.1, 0.15) is 5.56 Å². The Morgan fingerprint density at radius 3 is 2.52 bits per heavy atom. The number of esters is 1. The van der Waals surface area contributed by atoms with Crippen LogP contribution < -0.4 is 5.56 Å². The highest BCUT2D eigenvalue weighted by Gasteiger charge is 2.22. The molecule has 0 aliphatic heterocycles. The first-order valence-electron chi connectivity index (χ1n) is 6.71. The number of ether oxygens (including phenoxy) is 1. The second kappa shape index (κ2) is 6.26. The number of carbonyl (C=O) groups excluding carboxylic acids is 1. The predicted octanol–water partition coefficient (Wildman–Crippen LogP) is 2.28. The Bertz CT molecular complexity index is 704. The fourth-order valence-electron chi connectivity index (χ4n) is 2.26. The minimum Gasteiger partial charge on any atom is -0.494 e. The van der Waals surface area contributed by atoms with Crippen molar-refractivity contribution < 1.29 is 14.6 Å². The van der Waals surface area contributed by atoms with Gasteiger partial charge in [-0.05, 0) is 24.1 Å². The summed E-state index contributed by atoms with van der Waals surface area (Å²) in [5, 5.41) is 10.4. The van der Waals surface area contributed by atoms with E-state index in [1.165, 1.54) is 13.2 Å². The monoisotopic (exact) mass is 287 g/mol. The second-order valence-corrected chi connectivity index (χ2v) is 4.62. The number of benzene rings is 1. The Morgan fingerprint density at radius 2 is 1.95 bits per heavy atom. The maximum Gasteiger partial charge on any atom is 0.343 e. The first-order chi connectivity index (χ1) is 10.1. The lowest BCUT2D eigenvalue weighted by atomic mass is 10.0. The molecular formula is C16H17NO4. The first kappa shape index (κ1) is 14.8.